The molecule has 0 spiro atoms. The Balaban J connectivity index is 2.15. The van der Waals surface area contributed by atoms with Crippen molar-refractivity contribution in [3.8, 4) is 5.75 Å². The minimum Gasteiger partial charge on any atom is -0.497 e. The molecule has 4 heteroatoms. The molecule has 2 aromatic carbocycles. The minimum atomic E-state index is -0.0511. The van der Waals surface area contributed by atoms with Crippen LogP contribution in [0.3, 0.4) is 0 Å². The molecule has 0 fully saturated rings. The molecule has 0 saturated heterocycles. The van der Waals surface area contributed by atoms with Crippen molar-refractivity contribution in [2.75, 3.05) is 12.9 Å². The molecule has 0 bridgehead atoms. The first-order valence-corrected chi connectivity index (χ1v) is 8.95. The van der Waals surface area contributed by atoms with E-state index in [9.17, 15) is 4.79 Å². The Morgan fingerprint density at radius 2 is 1.96 bits per heavy atom. The number of thioether (sulfide) groups is 1. The Bertz CT molecular complexity index is 682. The fourth-order valence-corrected chi connectivity index (χ4v) is 3.21. The summed E-state index contributed by atoms with van der Waals surface area (Å²) >= 11 is 1.62. The van der Waals surface area contributed by atoms with E-state index >= 15 is 0 Å². The SMILES string of the molecule is C=CCSc1ccccc1C(=O)N[C@@H](CC)c1ccc(OC)cc1. The second-order valence-corrected chi connectivity index (χ2v) is 6.37. The molecular weight excluding hydrogens is 318 g/mol. The summed E-state index contributed by atoms with van der Waals surface area (Å²) in [5.74, 6) is 1.54. The molecule has 126 valence electrons. The average molecular weight is 341 g/mol. The largest absolute Gasteiger partial charge is 0.497 e. The van der Waals surface area contributed by atoms with Crippen LogP contribution < -0.4 is 10.1 Å². The molecule has 0 radical (unpaired) electrons. The molecule has 0 aromatic heterocycles. The summed E-state index contributed by atoms with van der Waals surface area (Å²) in [6.45, 7) is 5.80. The van der Waals surface area contributed by atoms with E-state index in [-0.39, 0.29) is 11.9 Å². The van der Waals surface area contributed by atoms with Gasteiger partial charge < -0.3 is 10.1 Å². The number of benzene rings is 2. The highest BCUT2D eigenvalue weighted by Crippen LogP contribution is 2.25. The third-order valence-electron chi connectivity index (χ3n) is 3.72. The monoisotopic (exact) mass is 341 g/mol. The van der Waals surface area contributed by atoms with Crippen LogP contribution in [0.5, 0.6) is 5.75 Å². The van der Waals surface area contributed by atoms with Crippen LogP contribution in [-0.4, -0.2) is 18.8 Å². The molecule has 0 heterocycles. The number of carbonyl (C=O) groups is 1. The number of methoxy groups -OCH3 is 1. The van der Waals surface area contributed by atoms with Crippen molar-refractivity contribution in [2.45, 2.75) is 24.3 Å². The number of nitrogens with one attached hydrogen (secondary N) is 1. The molecule has 0 unspecified atom stereocenters. The van der Waals surface area contributed by atoms with Gasteiger partial charge in [-0.1, -0.05) is 37.3 Å². The first-order valence-electron chi connectivity index (χ1n) is 7.97. The van der Waals surface area contributed by atoms with Crippen LogP contribution in [0.25, 0.3) is 0 Å². The van der Waals surface area contributed by atoms with Crippen LogP contribution in [0.1, 0.15) is 35.3 Å². The lowest BCUT2D eigenvalue weighted by Crippen LogP contribution is -2.28. The maximum absolute atomic E-state index is 12.7. The van der Waals surface area contributed by atoms with E-state index in [1.807, 2.05) is 54.6 Å². The lowest BCUT2D eigenvalue weighted by Gasteiger charge is -2.19. The molecule has 2 rings (SSSR count). The molecule has 0 aliphatic carbocycles. The second kappa shape index (κ2) is 9.18. The molecule has 1 atom stereocenters. The van der Waals surface area contributed by atoms with Crippen LogP contribution in [0.15, 0.2) is 66.1 Å². The third-order valence-corrected chi connectivity index (χ3v) is 4.79. The van der Waals surface area contributed by atoms with Gasteiger partial charge in [0, 0.05) is 10.6 Å². The van der Waals surface area contributed by atoms with Gasteiger partial charge in [0.1, 0.15) is 5.75 Å². The highest BCUT2D eigenvalue weighted by Gasteiger charge is 2.16. The van der Waals surface area contributed by atoms with E-state index in [0.29, 0.717) is 5.56 Å². The van der Waals surface area contributed by atoms with E-state index < -0.39 is 0 Å². The van der Waals surface area contributed by atoms with E-state index in [4.69, 9.17) is 4.74 Å². The zero-order valence-electron chi connectivity index (χ0n) is 14.1. The molecule has 2 aromatic rings. The van der Waals surface area contributed by atoms with Gasteiger partial charge in [-0.25, -0.2) is 0 Å². The summed E-state index contributed by atoms with van der Waals surface area (Å²) in [7, 11) is 1.64. The van der Waals surface area contributed by atoms with Gasteiger partial charge in [0.2, 0.25) is 0 Å². The Hall–Kier alpha value is -2.20. The van der Waals surface area contributed by atoms with Crippen molar-refractivity contribution in [1.29, 1.82) is 0 Å². The fourth-order valence-electron chi connectivity index (χ4n) is 2.42. The number of rotatable bonds is 8. The predicted octanol–water partition coefficient (Wildman–Crippen LogP) is 4.85. The molecule has 1 amide bonds. The van der Waals surface area contributed by atoms with Crippen LogP contribution >= 0.6 is 11.8 Å². The summed E-state index contributed by atoms with van der Waals surface area (Å²) < 4.78 is 5.19. The van der Waals surface area contributed by atoms with Crippen LogP contribution in [-0.2, 0) is 0 Å². The molecule has 24 heavy (non-hydrogen) atoms. The standard InChI is InChI=1S/C20H23NO2S/c1-4-14-24-19-9-7-6-8-17(19)20(22)21-18(5-2)15-10-12-16(23-3)13-11-15/h4,6-13,18H,1,5,14H2,2-3H3,(H,21,22)/t18-/m0/s1. The number of hydrogen-bond donors (Lipinski definition) is 1. The van der Waals surface area contributed by atoms with Crippen LogP contribution in [0, 0.1) is 0 Å². The third kappa shape index (κ3) is 4.65. The second-order valence-electron chi connectivity index (χ2n) is 5.30. The smallest absolute Gasteiger partial charge is 0.252 e. The number of amides is 1. The summed E-state index contributed by atoms with van der Waals surface area (Å²) in [4.78, 5) is 13.7. The van der Waals surface area contributed by atoms with Gasteiger partial charge in [0.15, 0.2) is 0 Å². The summed E-state index contributed by atoms with van der Waals surface area (Å²) in [5, 5.41) is 3.13. The highest BCUT2D eigenvalue weighted by molar-refractivity contribution is 7.99. The molecular formula is C20H23NO2S. The molecule has 1 N–H and O–H groups in total. The maximum atomic E-state index is 12.7. The van der Waals surface area contributed by atoms with Crippen molar-refractivity contribution in [3.05, 3.63) is 72.3 Å². The van der Waals surface area contributed by atoms with Gasteiger partial charge in [-0.15, -0.1) is 18.3 Å². The normalized spacial score (nSPS) is 11.6. The molecule has 0 aliphatic rings. The Morgan fingerprint density at radius 3 is 2.58 bits per heavy atom. The van der Waals surface area contributed by atoms with Gasteiger partial charge in [-0.2, -0.15) is 0 Å². The number of carbonyl (C=O) groups excluding carboxylic acids is 1. The summed E-state index contributed by atoms with van der Waals surface area (Å²) in [6, 6.07) is 15.5. The lowest BCUT2D eigenvalue weighted by atomic mass is 10.0. The van der Waals surface area contributed by atoms with Gasteiger partial charge in [-0.3, -0.25) is 4.79 Å². The zero-order chi connectivity index (χ0) is 17.4. The van der Waals surface area contributed by atoms with Crippen molar-refractivity contribution in [2.24, 2.45) is 0 Å². The topological polar surface area (TPSA) is 38.3 Å². The maximum Gasteiger partial charge on any atom is 0.252 e. The van der Waals surface area contributed by atoms with E-state index in [0.717, 1.165) is 28.4 Å². The van der Waals surface area contributed by atoms with Crippen molar-refractivity contribution < 1.29 is 9.53 Å². The minimum absolute atomic E-state index is 0.0270. The molecule has 0 aliphatic heterocycles. The fraction of sp³-hybridized carbons (Fsp3) is 0.250. The van der Waals surface area contributed by atoms with Crippen LogP contribution in [0.4, 0.5) is 0 Å². The summed E-state index contributed by atoms with van der Waals surface area (Å²) in [5.41, 5.74) is 1.78. The van der Waals surface area contributed by atoms with Crippen molar-refractivity contribution in [3.63, 3.8) is 0 Å². The van der Waals surface area contributed by atoms with Gasteiger partial charge in [0.25, 0.3) is 5.91 Å². The molecule has 3 nitrogen and oxygen atoms in total. The molecule has 0 saturated carbocycles. The first kappa shape index (κ1) is 18.1. The predicted molar refractivity (Wildman–Crippen MR) is 101 cm³/mol. The van der Waals surface area contributed by atoms with E-state index in [1.165, 1.54) is 0 Å². The number of ether oxygens (including phenoxy) is 1. The summed E-state index contributed by atoms with van der Waals surface area (Å²) in [6.07, 6.45) is 2.66. The van der Waals surface area contributed by atoms with Crippen molar-refractivity contribution in [1.82, 2.24) is 5.32 Å². The first-order chi connectivity index (χ1) is 11.7. The van der Waals surface area contributed by atoms with Gasteiger partial charge >= 0.3 is 0 Å². The highest BCUT2D eigenvalue weighted by atomic mass is 32.2. The Labute approximate surface area is 148 Å². The van der Waals surface area contributed by atoms with Crippen LogP contribution in [0.2, 0.25) is 0 Å². The zero-order valence-corrected chi connectivity index (χ0v) is 14.9. The van der Waals surface area contributed by atoms with Gasteiger partial charge in [0.05, 0.1) is 18.7 Å². The number of hydrogen-bond acceptors (Lipinski definition) is 3. The Morgan fingerprint density at radius 1 is 1.25 bits per heavy atom. The van der Waals surface area contributed by atoms with E-state index in [2.05, 4.69) is 18.8 Å². The van der Waals surface area contributed by atoms with E-state index in [1.54, 1.807) is 18.9 Å². The average Bonchev–Trinajstić information content (AvgIpc) is 2.64. The Kier molecular flexibility index (Phi) is 6.94. The quantitative estimate of drug-likeness (QED) is 0.551. The lowest BCUT2D eigenvalue weighted by molar-refractivity contribution is 0.0932. The van der Waals surface area contributed by atoms with Crippen molar-refractivity contribution >= 4 is 17.7 Å². The van der Waals surface area contributed by atoms with Gasteiger partial charge in [-0.05, 0) is 36.2 Å².